The number of ether oxygens (including phenoxy) is 3. The molecule has 0 unspecified atom stereocenters. The molecule has 0 atom stereocenters. The third kappa shape index (κ3) is 3.82. The van der Waals surface area contributed by atoms with Crippen LogP contribution in [-0.4, -0.2) is 21.3 Å². The molecule has 0 aliphatic carbocycles. The van der Waals surface area contributed by atoms with Crippen molar-refractivity contribution in [2.75, 3.05) is 26.6 Å². The highest BCUT2D eigenvalue weighted by atomic mass is 79.9. The third-order valence-corrected chi connectivity index (χ3v) is 3.64. The molecule has 4 nitrogen and oxygen atoms in total. The van der Waals surface area contributed by atoms with E-state index >= 15 is 0 Å². The maximum atomic E-state index is 5.41. The maximum absolute atomic E-state index is 5.41. The van der Waals surface area contributed by atoms with Crippen LogP contribution >= 0.6 is 15.9 Å². The fourth-order valence-electron chi connectivity index (χ4n) is 2.00. The number of hydrogen-bond donors (Lipinski definition) is 1. The minimum atomic E-state index is 0.630. The van der Waals surface area contributed by atoms with Crippen molar-refractivity contribution in [1.29, 1.82) is 0 Å². The van der Waals surface area contributed by atoms with Gasteiger partial charge in [0.15, 0.2) is 11.5 Å². The van der Waals surface area contributed by atoms with Gasteiger partial charge < -0.3 is 19.5 Å². The smallest absolute Gasteiger partial charge is 0.164 e. The average Bonchev–Trinajstić information content (AvgIpc) is 2.53. The molecule has 21 heavy (non-hydrogen) atoms. The van der Waals surface area contributed by atoms with Crippen LogP contribution < -0.4 is 19.5 Å². The van der Waals surface area contributed by atoms with Gasteiger partial charge in [0.1, 0.15) is 5.75 Å². The summed E-state index contributed by atoms with van der Waals surface area (Å²) in [5.41, 5.74) is 2.04. The molecule has 5 heteroatoms. The van der Waals surface area contributed by atoms with Crippen molar-refractivity contribution in [2.45, 2.75) is 6.54 Å². The van der Waals surface area contributed by atoms with Gasteiger partial charge in [-0.05, 0) is 30.3 Å². The van der Waals surface area contributed by atoms with E-state index in [-0.39, 0.29) is 0 Å². The summed E-state index contributed by atoms with van der Waals surface area (Å²) < 4.78 is 17.1. The molecule has 0 aliphatic heterocycles. The van der Waals surface area contributed by atoms with Crippen LogP contribution in [-0.2, 0) is 6.54 Å². The highest BCUT2D eigenvalue weighted by Gasteiger charge is 2.11. The summed E-state index contributed by atoms with van der Waals surface area (Å²) in [5, 5.41) is 3.35. The van der Waals surface area contributed by atoms with Crippen LogP contribution in [0.4, 0.5) is 5.69 Å². The van der Waals surface area contributed by atoms with Gasteiger partial charge in [-0.25, -0.2) is 0 Å². The van der Waals surface area contributed by atoms with Gasteiger partial charge in [0.2, 0.25) is 0 Å². The Morgan fingerprint density at radius 1 is 0.857 bits per heavy atom. The van der Waals surface area contributed by atoms with E-state index < -0.39 is 0 Å². The first-order chi connectivity index (χ1) is 10.2. The standard InChI is InChI=1S/C16H18BrNO3/c1-19-14-9-16(21-3)15(20-2)8-11(14)10-18-13-6-4-12(17)5-7-13/h4-9,18H,10H2,1-3H3. The molecule has 0 spiro atoms. The molecule has 0 fully saturated rings. The van der Waals surface area contributed by atoms with Crippen LogP contribution in [0, 0.1) is 0 Å². The van der Waals surface area contributed by atoms with Crippen LogP contribution in [0.2, 0.25) is 0 Å². The maximum Gasteiger partial charge on any atom is 0.164 e. The molecule has 0 saturated carbocycles. The van der Waals surface area contributed by atoms with E-state index in [1.54, 1.807) is 21.3 Å². The van der Waals surface area contributed by atoms with Gasteiger partial charge in [0.05, 0.1) is 21.3 Å². The summed E-state index contributed by atoms with van der Waals surface area (Å²) in [5.74, 6) is 2.10. The minimum absolute atomic E-state index is 0.630. The predicted octanol–water partition coefficient (Wildman–Crippen LogP) is 4.09. The zero-order valence-corrected chi connectivity index (χ0v) is 13.9. The van der Waals surface area contributed by atoms with Crippen molar-refractivity contribution in [3.05, 3.63) is 46.4 Å². The molecule has 2 aromatic carbocycles. The Morgan fingerprint density at radius 3 is 2.00 bits per heavy atom. The number of hydrogen-bond acceptors (Lipinski definition) is 4. The van der Waals surface area contributed by atoms with Crippen LogP contribution in [0.5, 0.6) is 17.2 Å². The largest absolute Gasteiger partial charge is 0.496 e. The van der Waals surface area contributed by atoms with Crippen molar-refractivity contribution in [3.8, 4) is 17.2 Å². The highest BCUT2D eigenvalue weighted by molar-refractivity contribution is 9.10. The average molecular weight is 352 g/mol. The molecular formula is C16H18BrNO3. The second-order valence-electron chi connectivity index (χ2n) is 4.38. The second-order valence-corrected chi connectivity index (χ2v) is 5.30. The molecule has 2 aromatic rings. The Bertz CT molecular complexity index is 599. The Hall–Kier alpha value is -1.88. The first kappa shape index (κ1) is 15.5. The summed E-state index contributed by atoms with van der Waals surface area (Å²) in [7, 11) is 4.87. The lowest BCUT2D eigenvalue weighted by Crippen LogP contribution is -2.03. The lowest BCUT2D eigenvalue weighted by molar-refractivity contribution is 0.347. The number of rotatable bonds is 6. The summed E-state index contributed by atoms with van der Waals surface area (Å²) in [4.78, 5) is 0. The van der Waals surface area contributed by atoms with Gasteiger partial charge in [0, 0.05) is 28.3 Å². The molecular weight excluding hydrogens is 334 g/mol. The van der Waals surface area contributed by atoms with Crippen molar-refractivity contribution in [1.82, 2.24) is 0 Å². The van der Waals surface area contributed by atoms with Gasteiger partial charge in [-0.1, -0.05) is 15.9 Å². The molecule has 0 saturated heterocycles. The lowest BCUT2D eigenvalue weighted by atomic mass is 10.1. The topological polar surface area (TPSA) is 39.7 Å². The molecule has 0 amide bonds. The number of benzene rings is 2. The molecule has 0 radical (unpaired) electrons. The minimum Gasteiger partial charge on any atom is -0.496 e. The Labute approximate surface area is 133 Å². The number of anilines is 1. The SMILES string of the molecule is COc1cc(OC)c(OC)cc1CNc1ccc(Br)cc1. The van der Waals surface area contributed by atoms with Crippen LogP contribution in [0.3, 0.4) is 0 Å². The van der Waals surface area contributed by atoms with E-state index in [0.717, 1.165) is 21.5 Å². The van der Waals surface area contributed by atoms with Crippen molar-refractivity contribution >= 4 is 21.6 Å². The lowest BCUT2D eigenvalue weighted by Gasteiger charge is -2.15. The van der Waals surface area contributed by atoms with E-state index in [9.17, 15) is 0 Å². The summed E-state index contributed by atoms with van der Waals surface area (Å²) in [6.07, 6.45) is 0. The molecule has 0 aromatic heterocycles. The molecule has 0 aliphatic rings. The monoisotopic (exact) mass is 351 g/mol. The Balaban J connectivity index is 2.20. The number of methoxy groups -OCH3 is 3. The first-order valence-electron chi connectivity index (χ1n) is 6.46. The first-order valence-corrected chi connectivity index (χ1v) is 7.25. The number of nitrogens with one attached hydrogen (secondary N) is 1. The zero-order chi connectivity index (χ0) is 15.2. The summed E-state index contributed by atoms with van der Waals surface area (Å²) in [6.45, 7) is 0.630. The van der Waals surface area contributed by atoms with Crippen molar-refractivity contribution in [2.24, 2.45) is 0 Å². The predicted molar refractivity (Wildman–Crippen MR) is 87.6 cm³/mol. The Morgan fingerprint density at radius 2 is 1.43 bits per heavy atom. The van der Waals surface area contributed by atoms with E-state index in [4.69, 9.17) is 14.2 Å². The fourth-order valence-corrected chi connectivity index (χ4v) is 2.26. The van der Waals surface area contributed by atoms with Gasteiger partial charge in [-0.3, -0.25) is 0 Å². The quantitative estimate of drug-likeness (QED) is 0.850. The normalized spacial score (nSPS) is 10.1. The van der Waals surface area contributed by atoms with E-state index in [2.05, 4.69) is 21.2 Å². The summed E-state index contributed by atoms with van der Waals surface area (Å²) >= 11 is 3.42. The second kappa shape index (κ2) is 7.22. The van der Waals surface area contributed by atoms with Gasteiger partial charge in [0.25, 0.3) is 0 Å². The molecule has 0 heterocycles. The van der Waals surface area contributed by atoms with Gasteiger partial charge in [-0.2, -0.15) is 0 Å². The van der Waals surface area contributed by atoms with Crippen molar-refractivity contribution < 1.29 is 14.2 Å². The Kier molecular flexibility index (Phi) is 5.33. The molecule has 0 bridgehead atoms. The van der Waals surface area contributed by atoms with Gasteiger partial charge in [-0.15, -0.1) is 0 Å². The van der Waals surface area contributed by atoms with Crippen LogP contribution in [0.25, 0.3) is 0 Å². The summed E-state index contributed by atoms with van der Waals surface area (Å²) in [6, 6.07) is 11.8. The van der Waals surface area contributed by atoms with Gasteiger partial charge >= 0.3 is 0 Å². The number of halogens is 1. The highest BCUT2D eigenvalue weighted by Crippen LogP contribution is 2.34. The molecule has 2 rings (SSSR count). The van der Waals surface area contributed by atoms with E-state index in [0.29, 0.717) is 18.0 Å². The fraction of sp³-hybridized carbons (Fsp3) is 0.250. The van der Waals surface area contributed by atoms with Crippen LogP contribution in [0.15, 0.2) is 40.9 Å². The molecule has 1 N–H and O–H groups in total. The zero-order valence-electron chi connectivity index (χ0n) is 12.3. The van der Waals surface area contributed by atoms with Crippen molar-refractivity contribution in [3.63, 3.8) is 0 Å². The van der Waals surface area contributed by atoms with Crippen LogP contribution in [0.1, 0.15) is 5.56 Å². The van der Waals surface area contributed by atoms with E-state index in [1.165, 1.54) is 0 Å². The van der Waals surface area contributed by atoms with E-state index in [1.807, 2.05) is 36.4 Å². The molecule has 112 valence electrons. The third-order valence-electron chi connectivity index (χ3n) is 3.11.